The fourth-order valence-electron chi connectivity index (χ4n) is 3.09. The number of carbonyl (C=O) groups excluding carboxylic acids is 1. The predicted molar refractivity (Wildman–Crippen MR) is 86.5 cm³/mol. The Morgan fingerprint density at radius 1 is 1.25 bits per heavy atom. The van der Waals surface area contributed by atoms with Gasteiger partial charge in [-0.05, 0) is 30.7 Å². The van der Waals surface area contributed by atoms with Crippen LogP contribution in [-0.4, -0.2) is 12.1 Å². The molecule has 2 rings (SSSR count). The van der Waals surface area contributed by atoms with E-state index in [4.69, 9.17) is 16.3 Å². The Labute approximate surface area is 144 Å². The SMILES string of the molecule is Cc1cc(C)cc(COC(=O)[C@H]2[C@@H](/C=C(\Cl)C(F)(F)F)C2(C)C)c1. The lowest BCUT2D eigenvalue weighted by Gasteiger charge is -2.07. The number of hydrogen-bond acceptors (Lipinski definition) is 2. The van der Waals surface area contributed by atoms with Crippen LogP contribution in [-0.2, 0) is 16.1 Å². The molecule has 1 aliphatic carbocycles. The summed E-state index contributed by atoms with van der Waals surface area (Å²) in [5.41, 5.74) is 2.39. The van der Waals surface area contributed by atoms with E-state index in [0.29, 0.717) is 0 Å². The Morgan fingerprint density at radius 3 is 2.29 bits per heavy atom. The molecular formula is C18H20ClF3O2. The Hall–Kier alpha value is -1.49. The maximum atomic E-state index is 12.5. The maximum Gasteiger partial charge on any atom is 0.426 e. The summed E-state index contributed by atoms with van der Waals surface area (Å²) in [5.74, 6) is -1.68. The summed E-state index contributed by atoms with van der Waals surface area (Å²) in [6, 6.07) is 5.84. The molecule has 0 saturated heterocycles. The molecule has 2 nitrogen and oxygen atoms in total. The van der Waals surface area contributed by atoms with Gasteiger partial charge in [-0.2, -0.15) is 13.2 Å². The molecule has 0 heterocycles. The zero-order valence-electron chi connectivity index (χ0n) is 14.0. The van der Waals surface area contributed by atoms with E-state index in [0.717, 1.165) is 22.8 Å². The molecule has 0 amide bonds. The smallest absolute Gasteiger partial charge is 0.426 e. The van der Waals surface area contributed by atoms with Crippen LogP contribution in [0.4, 0.5) is 13.2 Å². The highest BCUT2D eigenvalue weighted by Gasteiger charge is 2.62. The number of esters is 1. The quantitative estimate of drug-likeness (QED) is 0.681. The van der Waals surface area contributed by atoms with Crippen molar-refractivity contribution in [2.24, 2.45) is 17.3 Å². The molecule has 1 aromatic rings. The number of alkyl halides is 3. The van der Waals surface area contributed by atoms with Gasteiger partial charge in [0.05, 0.1) is 5.92 Å². The highest BCUT2D eigenvalue weighted by molar-refractivity contribution is 6.30. The number of carbonyl (C=O) groups is 1. The number of benzene rings is 1. The van der Waals surface area contributed by atoms with Crippen LogP contribution in [0.15, 0.2) is 29.3 Å². The third-order valence-corrected chi connectivity index (χ3v) is 4.76. The molecule has 1 saturated carbocycles. The van der Waals surface area contributed by atoms with Crippen molar-refractivity contribution in [3.8, 4) is 0 Å². The van der Waals surface area contributed by atoms with E-state index in [1.165, 1.54) is 0 Å². The van der Waals surface area contributed by atoms with Crippen molar-refractivity contribution in [1.29, 1.82) is 0 Å². The number of allylic oxidation sites excluding steroid dienone is 2. The van der Waals surface area contributed by atoms with Crippen LogP contribution in [0, 0.1) is 31.1 Å². The van der Waals surface area contributed by atoms with E-state index in [1.54, 1.807) is 13.8 Å². The first-order valence-corrected chi connectivity index (χ1v) is 7.99. The second kappa shape index (κ2) is 6.43. The number of halogens is 4. The normalized spacial score (nSPS) is 23.1. The van der Waals surface area contributed by atoms with Crippen molar-refractivity contribution in [2.75, 3.05) is 0 Å². The van der Waals surface area contributed by atoms with Gasteiger partial charge in [-0.3, -0.25) is 4.79 Å². The molecule has 0 bridgehead atoms. The first-order chi connectivity index (χ1) is 10.9. The summed E-state index contributed by atoms with van der Waals surface area (Å²) in [5, 5.41) is -1.19. The molecule has 0 aliphatic heterocycles. The van der Waals surface area contributed by atoms with Crippen LogP contribution >= 0.6 is 11.6 Å². The van der Waals surface area contributed by atoms with Crippen LogP contribution < -0.4 is 0 Å². The van der Waals surface area contributed by atoms with Gasteiger partial charge >= 0.3 is 12.1 Å². The number of hydrogen-bond donors (Lipinski definition) is 0. The fourth-order valence-corrected chi connectivity index (χ4v) is 3.22. The van der Waals surface area contributed by atoms with Gasteiger partial charge in [-0.15, -0.1) is 0 Å². The van der Waals surface area contributed by atoms with Crippen LogP contribution in [0.25, 0.3) is 0 Å². The third kappa shape index (κ3) is 4.12. The number of ether oxygens (including phenoxy) is 1. The Morgan fingerprint density at radius 2 is 1.79 bits per heavy atom. The van der Waals surface area contributed by atoms with E-state index < -0.39 is 34.4 Å². The van der Waals surface area contributed by atoms with Gasteiger partial charge in [0.1, 0.15) is 11.6 Å². The predicted octanol–water partition coefficient (Wildman–Crippen LogP) is 5.30. The lowest BCUT2D eigenvalue weighted by Crippen LogP contribution is -2.11. The Balaban J connectivity index is 2.02. The molecule has 0 N–H and O–H groups in total. The molecule has 24 heavy (non-hydrogen) atoms. The summed E-state index contributed by atoms with van der Waals surface area (Å²) in [7, 11) is 0. The van der Waals surface area contributed by atoms with Gasteiger partial charge in [-0.25, -0.2) is 0 Å². The average Bonchev–Trinajstić information content (AvgIpc) is 2.95. The number of aryl methyl sites for hydroxylation is 2. The minimum atomic E-state index is -4.59. The van der Waals surface area contributed by atoms with Crippen molar-refractivity contribution < 1.29 is 22.7 Å². The minimum absolute atomic E-state index is 0.109. The zero-order chi connectivity index (χ0) is 18.3. The fraction of sp³-hybridized carbons (Fsp3) is 0.500. The first kappa shape index (κ1) is 18.8. The number of rotatable bonds is 4. The van der Waals surface area contributed by atoms with Gasteiger partial charge in [0.25, 0.3) is 0 Å². The molecule has 2 atom stereocenters. The van der Waals surface area contributed by atoms with Crippen LogP contribution in [0.3, 0.4) is 0 Å². The molecule has 0 aromatic heterocycles. The standard InChI is InChI=1S/C18H20ClF3O2/c1-10-5-11(2)7-12(6-10)9-24-16(23)15-13(17(15,3)4)8-14(19)18(20,21)22/h5-8,13,15H,9H2,1-4H3/b14-8-/t13-,15-/m1/s1. The van der Waals surface area contributed by atoms with Crippen molar-refractivity contribution >= 4 is 17.6 Å². The highest BCUT2D eigenvalue weighted by Crippen LogP contribution is 2.60. The summed E-state index contributed by atoms with van der Waals surface area (Å²) in [6.45, 7) is 7.47. The van der Waals surface area contributed by atoms with Gasteiger partial charge in [-0.1, -0.05) is 60.9 Å². The van der Waals surface area contributed by atoms with Gasteiger partial charge in [0.2, 0.25) is 0 Å². The van der Waals surface area contributed by atoms with E-state index in [9.17, 15) is 18.0 Å². The second-order valence-electron chi connectivity index (χ2n) is 6.94. The lowest BCUT2D eigenvalue weighted by molar-refractivity contribution is -0.147. The van der Waals surface area contributed by atoms with Gasteiger partial charge < -0.3 is 4.74 Å². The summed E-state index contributed by atoms with van der Waals surface area (Å²) in [6.07, 6.45) is -3.67. The second-order valence-corrected chi connectivity index (χ2v) is 7.35. The summed E-state index contributed by atoms with van der Waals surface area (Å²) < 4.78 is 42.9. The molecule has 1 aliphatic rings. The summed E-state index contributed by atoms with van der Waals surface area (Å²) >= 11 is 5.28. The van der Waals surface area contributed by atoms with E-state index in [1.807, 2.05) is 32.0 Å². The van der Waals surface area contributed by atoms with Crippen LogP contribution in [0.5, 0.6) is 0 Å². The van der Waals surface area contributed by atoms with Gasteiger partial charge in [0.15, 0.2) is 0 Å². The van der Waals surface area contributed by atoms with Crippen molar-refractivity contribution in [3.05, 3.63) is 46.0 Å². The average molecular weight is 361 g/mol. The molecule has 1 fully saturated rings. The molecule has 6 heteroatoms. The van der Waals surface area contributed by atoms with E-state index >= 15 is 0 Å². The largest absolute Gasteiger partial charge is 0.461 e. The third-order valence-electron chi connectivity index (χ3n) is 4.42. The first-order valence-electron chi connectivity index (χ1n) is 7.61. The molecule has 1 aromatic carbocycles. The Kier molecular flexibility index (Phi) is 5.05. The van der Waals surface area contributed by atoms with Crippen molar-refractivity contribution in [1.82, 2.24) is 0 Å². The van der Waals surface area contributed by atoms with E-state index in [2.05, 4.69) is 0 Å². The Bertz CT molecular complexity index is 657. The topological polar surface area (TPSA) is 26.3 Å². The van der Waals surface area contributed by atoms with Gasteiger partial charge in [0, 0.05) is 0 Å². The molecule has 132 valence electrons. The zero-order valence-corrected chi connectivity index (χ0v) is 14.8. The molecule has 0 unspecified atom stereocenters. The lowest BCUT2D eigenvalue weighted by atomic mass is 10.1. The highest BCUT2D eigenvalue weighted by atomic mass is 35.5. The monoisotopic (exact) mass is 360 g/mol. The summed E-state index contributed by atoms with van der Waals surface area (Å²) in [4.78, 5) is 12.2. The molecular weight excluding hydrogens is 341 g/mol. The van der Waals surface area contributed by atoms with Crippen molar-refractivity contribution in [2.45, 2.75) is 40.5 Å². The minimum Gasteiger partial charge on any atom is -0.461 e. The van der Waals surface area contributed by atoms with Crippen LogP contribution in [0.2, 0.25) is 0 Å². The van der Waals surface area contributed by atoms with Crippen molar-refractivity contribution in [3.63, 3.8) is 0 Å². The van der Waals surface area contributed by atoms with Crippen LogP contribution in [0.1, 0.15) is 30.5 Å². The van der Waals surface area contributed by atoms with E-state index in [-0.39, 0.29) is 6.61 Å². The molecule has 0 spiro atoms. The maximum absolute atomic E-state index is 12.5. The molecule has 0 radical (unpaired) electrons.